The van der Waals surface area contributed by atoms with Gasteiger partial charge in [-0.2, -0.15) is 4.74 Å². The third-order valence-corrected chi connectivity index (χ3v) is 2.64. The highest BCUT2D eigenvalue weighted by molar-refractivity contribution is 6.29. The zero-order chi connectivity index (χ0) is 13.1. The van der Waals surface area contributed by atoms with Crippen LogP contribution in [0.25, 0.3) is 0 Å². The van der Waals surface area contributed by atoms with E-state index in [1.54, 1.807) is 19.3 Å². The van der Waals surface area contributed by atoms with Crippen molar-refractivity contribution in [3.63, 3.8) is 0 Å². The summed E-state index contributed by atoms with van der Waals surface area (Å²) in [6.07, 6.45) is 2.47. The molecule has 6 nitrogen and oxygen atoms in total. The second-order valence-electron chi connectivity index (χ2n) is 4.03. The highest BCUT2D eigenvalue weighted by Crippen LogP contribution is 2.09. The molecule has 2 aromatic heterocycles. The average Bonchev–Trinajstić information content (AvgIpc) is 2.61. The minimum Gasteiger partial charge on any atom is -0.351 e. The monoisotopic (exact) mass is 268 g/mol. The van der Waals surface area contributed by atoms with E-state index in [0.29, 0.717) is 11.1 Å². The maximum absolute atomic E-state index is 10.9. The zero-order valence-corrected chi connectivity index (χ0v) is 10.8. The number of anilines is 1. The Morgan fingerprint density at radius 2 is 2.33 bits per heavy atom. The summed E-state index contributed by atoms with van der Waals surface area (Å²) in [6.45, 7) is 1.98. The minimum atomic E-state index is -0.611. The predicted molar refractivity (Wildman–Crippen MR) is 67.8 cm³/mol. The second kappa shape index (κ2) is 5.22. The number of aryl methyl sites for hydroxylation is 1. The van der Waals surface area contributed by atoms with Crippen molar-refractivity contribution < 1.29 is 4.52 Å². The molecule has 96 valence electrons. The maximum Gasteiger partial charge on any atom is 0.461 e. The maximum atomic E-state index is 10.9. The molecule has 7 heteroatoms. The Labute approximate surface area is 109 Å². The van der Waals surface area contributed by atoms with Crippen LogP contribution in [0.5, 0.6) is 0 Å². The predicted octanol–water partition coefficient (Wildman–Crippen LogP) is 1.46. The molecule has 2 rings (SSSR count). The number of rotatable bonds is 4. The molecule has 2 aromatic rings. The van der Waals surface area contributed by atoms with Crippen LogP contribution in [0.3, 0.4) is 0 Å². The van der Waals surface area contributed by atoms with Gasteiger partial charge in [-0.05, 0) is 25.0 Å². The number of halogens is 1. The third kappa shape index (κ3) is 3.10. The summed E-state index contributed by atoms with van der Waals surface area (Å²) in [4.78, 5) is 18.6. The lowest BCUT2D eigenvalue weighted by atomic mass is 10.1. The molecule has 1 unspecified atom stereocenters. The van der Waals surface area contributed by atoms with E-state index in [1.165, 1.54) is 4.74 Å². The van der Waals surface area contributed by atoms with E-state index in [2.05, 4.69) is 15.3 Å². The molecular weight excluding hydrogens is 256 g/mol. The molecule has 0 saturated carbocycles. The van der Waals surface area contributed by atoms with Crippen LogP contribution >= 0.6 is 11.6 Å². The van der Waals surface area contributed by atoms with Crippen molar-refractivity contribution >= 4 is 17.5 Å². The SMILES string of the molecule is CC(Cc1ccc(Cl)nc1)Nc1nc(=O)on1C. The van der Waals surface area contributed by atoms with Crippen LogP contribution in [0, 0.1) is 0 Å². The second-order valence-corrected chi connectivity index (χ2v) is 4.42. The van der Waals surface area contributed by atoms with Crippen molar-refractivity contribution in [2.75, 3.05) is 5.32 Å². The van der Waals surface area contributed by atoms with E-state index in [9.17, 15) is 4.79 Å². The summed E-state index contributed by atoms with van der Waals surface area (Å²) in [7, 11) is 1.62. The summed E-state index contributed by atoms with van der Waals surface area (Å²) in [5, 5.41) is 3.56. The number of hydrogen-bond acceptors (Lipinski definition) is 5. The van der Waals surface area contributed by atoms with Crippen molar-refractivity contribution in [1.82, 2.24) is 14.7 Å². The Kier molecular flexibility index (Phi) is 3.66. The summed E-state index contributed by atoms with van der Waals surface area (Å²) in [6, 6.07) is 3.74. The van der Waals surface area contributed by atoms with Crippen LogP contribution in [0.15, 0.2) is 27.6 Å². The molecule has 1 atom stereocenters. The van der Waals surface area contributed by atoms with Crippen molar-refractivity contribution in [1.29, 1.82) is 0 Å². The standard InChI is InChI=1S/C11H13ClN4O2/c1-7(5-8-3-4-9(12)13-6-8)14-10-15-11(17)18-16(10)2/h3-4,6-7H,5H2,1-2H3,(H,14,15,17). The summed E-state index contributed by atoms with van der Waals surface area (Å²) in [5.41, 5.74) is 1.05. The van der Waals surface area contributed by atoms with E-state index >= 15 is 0 Å². The van der Waals surface area contributed by atoms with Gasteiger partial charge in [0.1, 0.15) is 5.15 Å². The van der Waals surface area contributed by atoms with E-state index < -0.39 is 5.76 Å². The molecule has 0 aliphatic heterocycles. The molecule has 0 fully saturated rings. The number of nitrogens with one attached hydrogen (secondary N) is 1. The Morgan fingerprint density at radius 1 is 1.56 bits per heavy atom. The number of nitrogens with zero attached hydrogens (tertiary/aromatic N) is 3. The number of aromatic nitrogens is 3. The molecule has 0 amide bonds. The van der Waals surface area contributed by atoms with Gasteiger partial charge in [0, 0.05) is 19.3 Å². The van der Waals surface area contributed by atoms with Crippen LogP contribution in [-0.2, 0) is 13.5 Å². The van der Waals surface area contributed by atoms with Gasteiger partial charge in [-0.3, -0.25) is 0 Å². The van der Waals surface area contributed by atoms with Gasteiger partial charge in [-0.15, -0.1) is 4.98 Å². The van der Waals surface area contributed by atoms with E-state index in [4.69, 9.17) is 16.1 Å². The fourth-order valence-corrected chi connectivity index (χ4v) is 1.72. The Morgan fingerprint density at radius 3 is 2.89 bits per heavy atom. The van der Waals surface area contributed by atoms with E-state index in [1.807, 2.05) is 13.0 Å². The average molecular weight is 269 g/mol. The molecule has 0 aliphatic carbocycles. The molecule has 0 saturated heterocycles. The highest BCUT2D eigenvalue weighted by Gasteiger charge is 2.09. The van der Waals surface area contributed by atoms with Gasteiger partial charge in [0.2, 0.25) is 5.95 Å². The smallest absolute Gasteiger partial charge is 0.351 e. The van der Waals surface area contributed by atoms with Gasteiger partial charge >= 0.3 is 5.76 Å². The number of pyridine rings is 1. The topological polar surface area (TPSA) is 73.0 Å². The van der Waals surface area contributed by atoms with Crippen LogP contribution in [0.1, 0.15) is 12.5 Å². The molecule has 0 bridgehead atoms. The van der Waals surface area contributed by atoms with Gasteiger partial charge < -0.3 is 9.84 Å². The Balaban J connectivity index is 2.00. The van der Waals surface area contributed by atoms with Crippen molar-refractivity contribution in [3.8, 4) is 0 Å². The quantitative estimate of drug-likeness (QED) is 0.850. The summed E-state index contributed by atoms with van der Waals surface area (Å²) < 4.78 is 6.04. The molecule has 1 N–H and O–H groups in total. The van der Waals surface area contributed by atoms with Crippen molar-refractivity contribution in [2.45, 2.75) is 19.4 Å². The highest BCUT2D eigenvalue weighted by atomic mass is 35.5. The van der Waals surface area contributed by atoms with Crippen LogP contribution in [0.2, 0.25) is 5.15 Å². The molecule has 0 radical (unpaired) electrons. The van der Waals surface area contributed by atoms with Gasteiger partial charge in [0.25, 0.3) is 0 Å². The van der Waals surface area contributed by atoms with Crippen LogP contribution in [0.4, 0.5) is 5.95 Å². The molecular formula is C11H13ClN4O2. The Hall–Kier alpha value is -1.82. The fourth-order valence-electron chi connectivity index (χ4n) is 1.61. The molecule has 0 aromatic carbocycles. The lowest BCUT2D eigenvalue weighted by Crippen LogP contribution is -2.20. The first-order chi connectivity index (χ1) is 8.54. The number of hydrogen-bond donors (Lipinski definition) is 1. The first kappa shape index (κ1) is 12.6. The first-order valence-corrected chi connectivity index (χ1v) is 5.83. The largest absolute Gasteiger partial charge is 0.461 e. The molecule has 18 heavy (non-hydrogen) atoms. The minimum absolute atomic E-state index is 0.0867. The summed E-state index contributed by atoms with van der Waals surface area (Å²) >= 11 is 5.71. The van der Waals surface area contributed by atoms with Gasteiger partial charge in [-0.1, -0.05) is 17.7 Å². The first-order valence-electron chi connectivity index (χ1n) is 5.46. The molecule has 2 heterocycles. The van der Waals surface area contributed by atoms with Crippen molar-refractivity contribution in [3.05, 3.63) is 39.6 Å². The van der Waals surface area contributed by atoms with Crippen molar-refractivity contribution in [2.24, 2.45) is 7.05 Å². The molecule has 0 aliphatic rings. The van der Waals surface area contributed by atoms with E-state index in [0.717, 1.165) is 12.0 Å². The van der Waals surface area contributed by atoms with Gasteiger partial charge in [-0.25, -0.2) is 9.78 Å². The lowest BCUT2D eigenvalue weighted by molar-refractivity contribution is 0.286. The zero-order valence-electron chi connectivity index (χ0n) is 10.1. The van der Waals surface area contributed by atoms with E-state index in [-0.39, 0.29) is 6.04 Å². The van der Waals surface area contributed by atoms with Crippen LogP contribution < -0.4 is 11.1 Å². The van der Waals surface area contributed by atoms with Gasteiger partial charge in [0.05, 0.1) is 0 Å². The lowest BCUT2D eigenvalue weighted by Gasteiger charge is -2.13. The third-order valence-electron chi connectivity index (χ3n) is 2.42. The fraction of sp³-hybridized carbons (Fsp3) is 0.364. The van der Waals surface area contributed by atoms with Gasteiger partial charge in [0.15, 0.2) is 0 Å². The van der Waals surface area contributed by atoms with Crippen LogP contribution in [-0.4, -0.2) is 20.7 Å². The molecule has 0 spiro atoms. The summed E-state index contributed by atoms with van der Waals surface area (Å²) in [5.74, 6) is -0.199. The normalized spacial score (nSPS) is 12.4. The Bertz CT molecular complexity index is 575.